The van der Waals surface area contributed by atoms with E-state index in [0.717, 1.165) is 55.8 Å². The lowest BCUT2D eigenvalue weighted by Crippen LogP contribution is -2.27. The molecule has 0 unspecified atom stereocenters. The minimum atomic E-state index is -0.0624. The summed E-state index contributed by atoms with van der Waals surface area (Å²) in [5.41, 5.74) is 5.65. The van der Waals surface area contributed by atoms with Crippen LogP contribution in [0.5, 0.6) is 0 Å². The number of pyridine rings is 1. The number of ether oxygens (including phenoxy) is 1. The fourth-order valence-corrected chi connectivity index (χ4v) is 4.46. The van der Waals surface area contributed by atoms with Crippen LogP contribution in [0.2, 0.25) is 0 Å². The van der Waals surface area contributed by atoms with Gasteiger partial charge >= 0.3 is 0 Å². The van der Waals surface area contributed by atoms with E-state index in [-0.39, 0.29) is 5.91 Å². The predicted octanol–water partition coefficient (Wildman–Crippen LogP) is 2.66. The van der Waals surface area contributed by atoms with Crippen molar-refractivity contribution in [3.63, 3.8) is 0 Å². The Hall–Kier alpha value is -2.74. The number of carbonyl (C=O) groups is 1. The Morgan fingerprint density at radius 3 is 2.97 bits per heavy atom. The number of aromatic nitrogens is 5. The number of hydrogen-bond acceptors (Lipinski definition) is 5. The standard InChI is InChI=1S/C21H26N6O2/c1-26(12-19-16-4-2-3-5-17(16)24-25-19)21(28)14-10-18-20(22-11-14)27(13-23-18)15-6-8-29-9-7-15/h10-11,13,15H,2-9,12H2,1H3,(H,24,25). The van der Waals surface area contributed by atoms with Gasteiger partial charge in [0.2, 0.25) is 0 Å². The summed E-state index contributed by atoms with van der Waals surface area (Å²) in [4.78, 5) is 23.8. The molecular weight excluding hydrogens is 368 g/mol. The highest BCUT2D eigenvalue weighted by atomic mass is 16.5. The second kappa shape index (κ2) is 7.59. The second-order valence-corrected chi connectivity index (χ2v) is 8.06. The van der Waals surface area contributed by atoms with Crippen LogP contribution in [-0.4, -0.2) is 55.8 Å². The van der Waals surface area contributed by atoms with Crippen LogP contribution in [0.15, 0.2) is 18.6 Å². The van der Waals surface area contributed by atoms with E-state index in [1.165, 1.54) is 24.1 Å². The van der Waals surface area contributed by atoms with Crippen LogP contribution in [-0.2, 0) is 24.1 Å². The molecule has 8 nitrogen and oxygen atoms in total. The summed E-state index contributed by atoms with van der Waals surface area (Å²) >= 11 is 0. The molecule has 0 saturated carbocycles. The molecule has 3 aromatic rings. The third-order valence-corrected chi connectivity index (χ3v) is 6.12. The van der Waals surface area contributed by atoms with Crippen LogP contribution in [0.3, 0.4) is 0 Å². The van der Waals surface area contributed by atoms with Crippen molar-refractivity contribution in [1.29, 1.82) is 0 Å². The smallest absolute Gasteiger partial charge is 0.255 e. The van der Waals surface area contributed by atoms with Crippen LogP contribution >= 0.6 is 0 Å². The molecule has 0 spiro atoms. The van der Waals surface area contributed by atoms with Crippen molar-refractivity contribution in [1.82, 2.24) is 29.6 Å². The Balaban J connectivity index is 1.34. The van der Waals surface area contributed by atoms with Gasteiger partial charge in [0.1, 0.15) is 5.52 Å². The zero-order chi connectivity index (χ0) is 19.8. The molecule has 8 heteroatoms. The van der Waals surface area contributed by atoms with E-state index in [2.05, 4.69) is 24.7 Å². The SMILES string of the molecule is CN(Cc1n[nH]c2c1CCCC2)C(=O)c1cnc2c(c1)ncn2C1CCOCC1. The largest absolute Gasteiger partial charge is 0.381 e. The first kappa shape index (κ1) is 18.3. The summed E-state index contributed by atoms with van der Waals surface area (Å²) < 4.78 is 7.57. The quantitative estimate of drug-likeness (QED) is 0.735. The van der Waals surface area contributed by atoms with Gasteiger partial charge in [-0.25, -0.2) is 9.97 Å². The first-order valence-corrected chi connectivity index (χ1v) is 10.4. The third-order valence-electron chi connectivity index (χ3n) is 6.12. The number of hydrogen-bond donors (Lipinski definition) is 1. The molecule has 3 aromatic heterocycles. The Labute approximate surface area is 169 Å². The number of aryl methyl sites for hydroxylation is 1. The van der Waals surface area contributed by atoms with Crippen molar-refractivity contribution < 1.29 is 9.53 Å². The summed E-state index contributed by atoms with van der Waals surface area (Å²) in [6, 6.07) is 2.20. The summed E-state index contributed by atoms with van der Waals surface area (Å²) in [7, 11) is 1.82. The number of H-pyrrole nitrogens is 1. The van der Waals surface area contributed by atoms with Crippen LogP contribution < -0.4 is 0 Å². The molecule has 0 bridgehead atoms. The molecule has 1 aliphatic carbocycles. The second-order valence-electron chi connectivity index (χ2n) is 8.06. The van der Waals surface area contributed by atoms with Crippen LogP contribution in [0.25, 0.3) is 11.2 Å². The van der Waals surface area contributed by atoms with Crippen molar-refractivity contribution >= 4 is 17.1 Å². The molecule has 1 saturated heterocycles. The molecule has 5 rings (SSSR count). The molecule has 1 fully saturated rings. The molecule has 0 radical (unpaired) electrons. The average Bonchev–Trinajstić information content (AvgIpc) is 3.38. The van der Waals surface area contributed by atoms with E-state index in [1.54, 1.807) is 11.1 Å². The molecule has 1 N–H and O–H groups in total. The van der Waals surface area contributed by atoms with Gasteiger partial charge in [0.05, 0.1) is 24.1 Å². The van der Waals surface area contributed by atoms with E-state index < -0.39 is 0 Å². The minimum Gasteiger partial charge on any atom is -0.381 e. The molecule has 1 amide bonds. The Kier molecular flexibility index (Phi) is 4.79. The number of rotatable bonds is 4. The van der Waals surface area contributed by atoms with Crippen LogP contribution in [0.1, 0.15) is 59.0 Å². The van der Waals surface area contributed by atoms with Crippen LogP contribution in [0.4, 0.5) is 0 Å². The van der Waals surface area contributed by atoms with Gasteiger partial charge in [-0.15, -0.1) is 0 Å². The van der Waals surface area contributed by atoms with Gasteiger partial charge in [-0.3, -0.25) is 9.89 Å². The lowest BCUT2D eigenvalue weighted by atomic mass is 9.96. The first-order valence-electron chi connectivity index (χ1n) is 10.4. The number of imidazole rings is 1. The fraction of sp³-hybridized carbons (Fsp3) is 0.524. The number of amides is 1. The normalized spacial score (nSPS) is 17.4. The van der Waals surface area contributed by atoms with E-state index in [0.29, 0.717) is 18.2 Å². The highest BCUT2D eigenvalue weighted by molar-refractivity contribution is 5.96. The predicted molar refractivity (Wildman–Crippen MR) is 108 cm³/mol. The highest BCUT2D eigenvalue weighted by Gasteiger charge is 2.22. The zero-order valence-corrected chi connectivity index (χ0v) is 16.7. The van der Waals surface area contributed by atoms with Crippen molar-refractivity contribution in [3.8, 4) is 0 Å². The van der Waals surface area contributed by atoms with E-state index in [4.69, 9.17) is 4.74 Å². The molecule has 0 atom stereocenters. The van der Waals surface area contributed by atoms with Crippen molar-refractivity contribution in [2.45, 2.75) is 51.1 Å². The van der Waals surface area contributed by atoms with E-state index in [9.17, 15) is 4.79 Å². The van der Waals surface area contributed by atoms with Gasteiger partial charge in [-0.1, -0.05) is 0 Å². The Morgan fingerprint density at radius 1 is 1.28 bits per heavy atom. The van der Waals surface area contributed by atoms with E-state index in [1.807, 2.05) is 19.4 Å². The molecule has 1 aliphatic heterocycles. The van der Waals surface area contributed by atoms with Gasteiger partial charge in [0.25, 0.3) is 5.91 Å². The van der Waals surface area contributed by atoms with Crippen molar-refractivity contribution in [2.75, 3.05) is 20.3 Å². The lowest BCUT2D eigenvalue weighted by molar-refractivity contribution is 0.0704. The molecule has 29 heavy (non-hydrogen) atoms. The summed E-state index contributed by atoms with van der Waals surface area (Å²) in [5, 5.41) is 7.60. The molecule has 2 aliphatic rings. The topological polar surface area (TPSA) is 88.9 Å². The summed E-state index contributed by atoms with van der Waals surface area (Å²) in [6.07, 6.45) is 9.91. The van der Waals surface area contributed by atoms with Crippen molar-refractivity contribution in [3.05, 3.63) is 41.1 Å². The number of aromatic amines is 1. The maximum Gasteiger partial charge on any atom is 0.255 e. The van der Waals surface area contributed by atoms with E-state index >= 15 is 0 Å². The van der Waals surface area contributed by atoms with Gasteiger partial charge in [0.15, 0.2) is 5.65 Å². The van der Waals surface area contributed by atoms with Gasteiger partial charge in [0, 0.05) is 38.2 Å². The summed E-state index contributed by atoms with van der Waals surface area (Å²) in [5.74, 6) is -0.0624. The fourth-order valence-electron chi connectivity index (χ4n) is 4.46. The average molecular weight is 394 g/mol. The molecule has 0 aromatic carbocycles. The van der Waals surface area contributed by atoms with Gasteiger partial charge in [-0.2, -0.15) is 5.10 Å². The molecule has 152 valence electrons. The van der Waals surface area contributed by atoms with Gasteiger partial charge < -0.3 is 14.2 Å². The minimum absolute atomic E-state index is 0.0624. The number of fused-ring (bicyclic) bond motifs is 2. The van der Waals surface area contributed by atoms with Gasteiger partial charge in [-0.05, 0) is 50.2 Å². The molecular formula is C21H26N6O2. The maximum absolute atomic E-state index is 13.0. The Morgan fingerprint density at radius 2 is 2.10 bits per heavy atom. The monoisotopic (exact) mass is 394 g/mol. The van der Waals surface area contributed by atoms with Crippen LogP contribution in [0, 0.1) is 0 Å². The highest BCUT2D eigenvalue weighted by Crippen LogP contribution is 2.26. The zero-order valence-electron chi connectivity index (χ0n) is 16.7. The lowest BCUT2D eigenvalue weighted by Gasteiger charge is -2.23. The molecule has 4 heterocycles. The van der Waals surface area contributed by atoms with Crippen molar-refractivity contribution in [2.24, 2.45) is 0 Å². The number of nitrogens with one attached hydrogen (secondary N) is 1. The number of carbonyl (C=O) groups excluding carboxylic acids is 1. The first-order chi connectivity index (χ1) is 14.2. The Bertz CT molecular complexity index is 1030. The number of nitrogens with zero attached hydrogens (tertiary/aromatic N) is 5. The third kappa shape index (κ3) is 3.42. The maximum atomic E-state index is 13.0. The summed E-state index contributed by atoms with van der Waals surface area (Å²) in [6.45, 7) is 2.03.